The van der Waals surface area contributed by atoms with E-state index in [4.69, 9.17) is 5.73 Å². The first kappa shape index (κ1) is 29.9. The van der Waals surface area contributed by atoms with Crippen LogP contribution in [0.4, 0.5) is 0 Å². The van der Waals surface area contributed by atoms with E-state index >= 15 is 0 Å². The number of aromatic hydroxyl groups is 1. The summed E-state index contributed by atoms with van der Waals surface area (Å²) in [5.41, 5.74) is 8.44. The average molecular weight is 493 g/mol. The number of primary amides is 1. The summed E-state index contributed by atoms with van der Waals surface area (Å²) < 4.78 is 0. The van der Waals surface area contributed by atoms with Crippen LogP contribution in [0.25, 0.3) is 0 Å². The molecule has 3 unspecified atom stereocenters. The molecule has 1 amide bonds. The van der Waals surface area contributed by atoms with E-state index in [0.29, 0.717) is 18.4 Å². The predicted molar refractivity (Wildman–Crippen MR) is 135 cm³/mol. The van der Waals surface area contributed by atoms with Crippen molar-refractivity contribution in [1.82, 2.24) is 4.98 Å². The van der Waals surface area contributed by atoms with Crippen LogP contribution in [0.2, 0.25) is 0 Å². The molecule has 0 spiro atoms. The molecular weight excluding hydrogens is 452 g/mol. The molecule has 0 fully saturated rings. The minimum Gasteiger partial charge on any atom is -0.507 e. The Labute approximate surface area is 208 Å². The number of carbonyl (C=O) groups excluding carboxylic acids is 3. The smallest absolute Gasteiger partial charge is 0.224 e. The van der Waals surface area contributed by atoms with Crippen molar-refractivity contribution in [3.8, 4) is 5.75 Å². The predicted octanol–water partition coefficient (Wildman–Crippen LogP) is 1.94. The Morgan fingerprint density at radius 3 is 2.31 bits per heavy atom. The molecule has 3 rings (SSSR count). The zero-order chi connectivity index (χ0) is 25.3. The van der Waals surface area contributed by atoms with Gasteiger partial charge in [0.15, 0.2) is 5.78 Å². The summed E-state index contributed by atoms with van der Waals surface area (Å²) >= 11 is 0. The van der Waals surface area contributed by atoms with E-state index in [1.54, 1.807) is 18.5 Å². The number of Topliss-reactive ketones (excluding diaryl/α,β-unsaturated/α-hetero) is 2. The maximum Gasteiger partial charge on any atom is 0.224 e. The Morgan fingerprint density at radius 2 is 1.80 bits per heavy atom. The number of hydrogen-bond donors (Lipinski definition) is 4. The van der Waals surface area contributed by atoms with Gasteiger partial charge in [-0.3, -0.25) is 19.4 Å². The fourth-order valence-electron chi connectivity index (χ4n) is 4.53. The normalized spacial score (nSPS) is 16.1. The SMILES string of the molecule is Cc1ccc(O)c2c1CC(CC(CCO)C(CO)C(=O)CC(N)=O)CC2=O.Cc1ccncc1.O.[HH].[HH]. The molecule has 0 radical (unpaired) electrons. The standard InChI is InChI=1S/C20H27NO6.C6H7N.H2O.2H2/c1-11-2-3-16(24)20-14(11)7-12(8-18(20)26)6-13(4-5-22)15(10-23)17(25)9-19(21)27;1-6-2-4-7-5-3-6;;;/h2-3,12-13,15,22-24H,4-10H2,1H3,(H2,21,27);2-5H,1H3;1H2;2*1H. The summed E-state index contributed by atoms with van der Waals surface area (Å²) in [5, 5.41) is 29.1. The van der Waals surface area contributed by atoms with Gasteiger partial charge in [-0.1, -0.05) is 6.07 Å². The van der Waals surface area contributed by atoms with E-state index in [1.165, 1.54) is 11.6 Å². The number of benzene rings is 1. The number of phenolic OH excluding ortho intramolecular Hbond substituents is 1. The first-order valence-electron chi connectivity index (χ1n) is 11.4. The van der Waals surface area contributed by atoms with E-state index in [-0.39, 0.29) is 51.1 Å². The maximum atomic E-state index is 12.5. The van der Waals surface area contributed by atoms with Crippen LogP contribution in [0.3, 0.4) is 0 Å². The Hall–Kier alpha value is -3.14. The molecule has 196 valence electrons. The molecule has 7 N–H and O–H groups in total. The van der Waals surface area contributed by atoms with Gasteiger partial charge in [-0.2, -0.15) is 0 Å². The second-order valence-corrected chi connectivity index (χ2v) is 8.88. The molecule has 3 atom stereocenters. The van der Waals surface area contributed by atoms with Gasteiger partial charge in [0.2, 0.25) is 5.91 Å². The van der Waals surface area contributed by atoms with Crippen LogP contribution in [0.1, 0.15) is 55.6 Å². The molecule has 1 aromatic carbocycles. The van der Waals surface area contributed by atoms with Crippen molar-refractivity contribution in [3.63, 3.8) is 0 Å². The molecular formula is C26H40N2O7. The van der Waals surface area contributed by atoms with Gasteiger partial charge in [-0.05, 0) is 79.8 Å². The molecule has 1 aliphatic carbocycles. The third-order valence-corrected chi connectivity index (χ3v) is 6.28. The van der Waals surface area contributed by atoms with Crippen molar-refractivity contribution in [3.05, 3.63) is 58.9 Å². The summed E-state index contributed by atoms with van der Waals surface area (Å²) in [6.45, 7) is 3.32. The van der Waals surface area contributed by atoms with Crippen LogP contribution >= 0.6 is 0 Å². The quantitative estimate of drug-likeness (QED) is 0.386. The van der Waals surface area contributed by atoms with Crippen LogP contribution < -0.4 is 5.73 Å². The zero-order valence-corrected chi connectivity index (χ0v) is 20.2. The molecule has 0 aliphatic heterocycles. The summed E-state index contributed by atoms with van der Waals surface area (Å²) in [5.74, 6) is -2.59. The third kappa shape index (κ3) is 8.54. The number of phenols is 1. The topological polar surface area (TPSA) is 182 Å². The lowest BCUT2D eigenvalue weighted by Gasteiger charge is -2.31. The van der Waals surface area contributed by atoms with Gasteiger partial charge in [0, 0.05) is 34.2 Å². The summed E-state index contributed by atoms with van der Waals surface area (Å²) in [7, 11) is 0. The molecule has 0 saturated heterocycles. The second-order valence-electron chi connectivity index (χ2n) is 8.88. The maximum absolute atomic E-state index is 12.5. The molecule has 0 saturated carbocycles. The van der Waals surface area contributed by atoms with Crippen LogP contribution in [-0.4, -0.2) is 56.5 Å². The van der Waals surface area contributed by atoms with Crippen LogP contribution in [0.5, 0.6) is 5.75 Å². The average Bonchev–Trinajstić information content (AvgIpc) is 2.77. The van der Waals surface area contributed by atoms with Gasteiger partial charge >= 0.3 is 0 Å². The number of hydrogen-bond acceptors (Lipinski definition) is 7. The van der Waals surface area contributed by atoms with Crippen LogP contribution in [0.15, 0.2) is 36.7 Å². The van der Waals surface area contributed by atoms with E-state index in [0.717, 1.165) is 11.1 Å². The lowest BCUT2D eigenvalue weighted by atomic mass is 9.73. The summed E-state index contributed by atoms with van der Waals surface area (Å²) in [6.07, 6.45) is 4.67. The highest BCUT2D eigenvalue weighted by atomic mass is 16.3. The zero-order valence-electron chi connectivity index (χ0n) is 20.2. The summed E-state index contributed by atoms with van der Waals surface area (Å²) in [6, 6.07) is 7.23. The number of carbonyl (C=O) groups is 3. The minimum absolute atomic E-state index is 0. The van der Waals surface area contributed by atoms with Crippen molar-refractivity contribution in [2.24, 2.45) is 23.5 Å². The van der Waals surface area contributed by atoms with Gasteiger partial charge in [-0.15, -0.1) is 0 Å². The lowest BCUT2D eigenvalue weighted by molar-refractivity contribution is -0.131. The minimum atomic E-state index is -0.800. The Morgan fingerprint density at radius 1 is 1.14 bits per heavy atom. The highest BCUT2D eigenvalue weighted by Gasteiger charge is 2.34. The number of nitrogens with two attached hydrogens (primary N) is 1. The van der Waals surface area contributed by atoms with E-state index < -0.39 is 30.6 Å². The highest BCUT2D eigenvalue weighted by Crippen LogP contribution is 2.37. The highest BCUT2D eigenvalue weighted by molar-refractivity contribution is 6.01. The number of amides is 1. The van der Waals surface area contributed by atoms with Gasteiger partial charge in [0.25, 0.3) is 0 Å². The number of pyridine rings is 1. The number of aliphatic hydroxyl groups is 2. The Bertz CT molecular complexity index is 1010. The Kier molecular flexibility index (Phi) is 12.2. The number of rotatable bonds is 9. The summed E-state index contributed by atoms with van der Waals surface area (Å²) in [4.78, 5) is 39.7. The van der Waals surface area contributed by atoms with Crippen molar-refractivity contribution in [2.45, 2.75) is 46.0 Å². The van der Waals surface area contributed by atoms with Gasteiger partial charge < -0.3 is 26.5 Å². The number of aromatic nitrogens is 1. The van der Waals surface area contributed by atoms with Crippen molar-refractivity contribution in [1.29, 1.82) is 0 Å². The Balaban J connectivity index is 0. The lowest BCUT2D eigenvalue weighted by Crippen LogP contribution is -2.33. The van der Waals surface area contributed by atoms with Crippen LogP contribution in [0, 0.1) is 31.6 Å². The van der Waals surface area contributed by atoms with Gasteiger partial charge in [0.1, 0.15) is 11.5 Å². The number of aryl methyl sites for hydroxylation is 2. The number of aliphatic hydroxyl groups excluding tert-OH is 2. The fraction of sp³-hybridized carbons (Fsp3) is 0.462. The molecule has 1 aliphatic rings. The molecule has 9 nitrogen and oxygen atoms in total. The first-order valence-corrected chi connectivity index (χ1v) is 11.4. The fourth-order valence-corrected chi connectivity index (χ4v) is 4.53. The molecule has 9 heteroatoms. The molecule has 1 heterocycles. The third-order valence-electron chi connectivity index (χ3n) is 6.28. The van der Waals surface area contributed by atoms with Crippen LogP contribution in [-0.2, 0) is 16.0 Å². The van der Waals surface area contributed by atoms with Crippen molar-refractivity contribution >= 4 is 17.5 Å². The van der Waals surface area contributed by atoms with E-state index in [2.05, 4.69) is 4.98 Å². The number of ketones is 2. The van der Waals surface area contributed by atoms with E-state index in [9.17, 15) is 29.7 Å². The number of fused-ring (bicyclic) bond motifs is 1. The number of nitrogens with zero attached hydrogens (tertiary/aromatic N) is 1. The van der Waals surface area contributed by atoms with Crippen molar-refractivity contribution < 1.29 is 38.0 Å². The van der Waals surface area contributed by atoms with Gasteiger partial charge in [-0.25, -0.2) is 0 Å². The molecule has 35 heavy (non-hydrogen) atoms. The molecule has 1 aromatic heterocycles. The second kappa shape index (κ2) is 14.3. The molecule has 0 bridgehead atoms. The largest absolute Gasteiger partial charge is 0.507 e. The van der Waals surface area contributed by atoms with Gasteiger partial charge in [0.05, 0.1) is 18.6 Å². The molecule has 2 aromatic rings. The van der Waals surface area contributed by atoms with E-state index in [1.807, 2.05) is 26.0 Å². The first-order chi connectivity index (χ1) is 16.2. The van der Waals surface area contributed by atoms with Crippen molar-refractivity contribution in [2.75, 3.05) is 13.2 Å². The monoisotopic (exact) mass is 492 g/mol.